The van der Waals surface area contributed by atoms with Crippen molar-refractivity contribution < 1.29 is 13.9 Å². The average molecular weight is 479 g/mol. The number of aromatic nitrogens is 3. The molecule has 172 valence electrons. The summed E-state index contributed by atoms with van der Waals surface area (Å²) in [6.45, 7) is 4.52. The van der Waals surface area contributed by atoms with E-state index in [0.717, 1.165) is 0 Å². The van der Waals surface area contributed by atoms with Crippen molar-refractivity contribution in [1.82, 2.24) is 19.0 Å². The monoisotopic (exact) mass is 478 g/mol. The van der Waals surface area contributed by atoms with Crippen LogP contribution in [0.4, 0.5) is 4.39 Å². The van der Waals surface area contributed by atoms with Crippen molar-refractivity contribution in [3.05, 3.63) is 94.9 Å². The number of ether oxygens (including phenoxy) is 1. The lowest BCUT2D eigenvalue weighted by atomic mass is 10.2. The van der Waals surface area contributed by atoms with Gasteiger partial charge in [-0.15, -0.1) is 0 Å². The summed E-state index contributed by atoms with van der Waals surface area (Å²) in [5.74, 6) is -0.482. The summed E-state index contributed by atoms with van der Waals surface area (Å²) in [5, 5.41) is -0.0421. The lowest BCUT2D eigenvalue weighted by Gasteiger charge is -2.15. The van der Waals surface area contributed by atoms with Crippen molar-refractivity contribution in [2.75, 3.05) is 13.1 Å². The number of pyridine rings is 1. The fourth-order valence-corrected chi connectivity index (χ4v) is 4.49. The summed E-state index contributed by atoms with van der Waals surface area (Å²) in [6.07, 6.45) is 5.19. The summed E-state index contributed by atoms with van der Waals surface area (Å²) in [6, 6.07) is 12.9. The van der Waals surface area contributed by atoms with Gasteiger partial charge in [0.25, 0.3) is 0 Å². The van der Waals surface area contributed by atoms with E-state index in [1.165, 1.54) is 18.2 Å². The molecular weight excluding hydrogens is 459 g/mol. The number of likely N-dealkylation sites (tertiary alicyclic amines) is 1. The zero-order valence-corrected chi connectivity index (χ0v) is 18.8. The minimum absolute atomic E-state index is 0.0148. The summed E-state index contributed by atoms with van der Waals surface area (Å²) in [4.78, 5) is 31.6. The molecule has 0 spiro atoms. The van der Waals surface area contributed by atoms with E-state index in [1.807, 2.05) is 0 Å². The number of fused-ring (bicyclic) bond motifs is 1. The summed E-state index contributed by atoms with van der Waals surface area (Å²) in [7, 11) is 0. The zero-order valence-electron chi connectivity index (χ0n) is 18.0. The largest absolute Gasteiger partial charge is 0.454 e. The normalized spacial score (nSPS) is 15.6. The number of imidazole rings is 1. The number of rotatable bonds is 5. The highest BCUT2D eigenvalue weighted by molar-refractivity contribution is 6.30. The van der Waals surface area contributed by atoms with Crippen LogP contribution in [0.1, 0.15) is 12.5 Å². The molecule has 3 heterocycles. The van der Waals surface area contributed by atoms with Gasteiger partial charge in [0.05, 0.1) is 34.0 Å². The quantitative estimate of drug-likeness (QED) is 0.389. The predicted octanol–water partition coefficient (Wildman–Crippen LogP) is 4.73. The van der Waals surface area contributed by atoms with Crippen LogP contribution in [-0.4, -0.2) is 38.0 Å². The molecule has 1 unspecified atom stereocenters. The first-order chi connectivity index (χ1) is 16.5. The van der Waals surface area contributed by atoms with E-state index in [4.69, 9.17) is 16.3 Å². The second-order valence-corrected chi connectivity index (χ2v) is 8.34. The van der Waals surface area contributed by atoms with Gasteiger partial charge in [-0.25, -0.2) is 9.18 Å². The molecule has 1 aliphatic heterocycles. The molecule has 0 radical (unpaired) electrons. The average Bonchev–Trinajstić information content (AvgIpc) is 3.43. The Morgan fingerprint density at radius 2 is 2.03 bits per heavy atom. The third-order valence-electron chi connectivity index (χ3n) is 5.91. The van der Waals surface area contributed by atoms with Crippen molar-refractivity contribution in [2.24, 2.45) is 0 Å². The van der Waals surface area contributed by atoms with Crippen LogP contribution in [0.15, 0.2) is 78.4 Å². The Kier molecular flexibility index (Phi) is 5.67. The smallest absolute Gasteiger partial charge is 0.334 e. The zero-order chi connectivity index (χ0) is 23.8. The maximum absolute atomic E-state index is 14.3. The van der Waals surface area contributed by atoms with Crippen molar-refractivity contribution >= 4 is 28.5 Å². The predicted molar refractivity (Wildman–Crippen MR) is 127 cm³/mol. The van der Waals surface area contributed by atoms with Gasteiger partial charge in [-0.2, -0.15) is 0 Å². The van der Waals surface area contributed by atoms with Crippen molar-refractivity contribution in [2.45, 2.75) is 12.5 Å². The molecular formula is C25H20ClFN4O3. The Morgan fingerprint density at radius 1 is 1.21 bits per heavy atom. The molecule has 0 N–H and O–H groups in total. The molecule has 9 heteroatoms. The number of carbonyl (C=O) groups excluding carboxylic acids is 1. The highest BCUT2D eigenvalue weighted by atomic mass is 35.5. The van der Waals surface area contributed by atoms with E-state index in [9.17, 15) is 14.0 Å². The Labute approximate surface area is 199 Å². The van der Waals surface area contributed by atoms with Gasteiger partial charge in [0.15, 0.2) is 11.6 Å². The molecule has 0 bridgehead atoms. The van der Waals surface area contributed by atoms with Gasteiger partial charge in [0.2, 0.25) is 5.91 Å². The van der Waals surface area contributed by atoms with Gasteiger partial charge in [-0.05, 0) is 42.8 Å². The standard InChI is InChI=1S/C25H20ClFN4O3/c1-2-23(32)29-12-10-17(15-29)31-20-9-11-28-14-21(20)30(25(31)33)16-5-3-6-18(13-16)34-22-8-4-7-19(26)24(22)27/h2-9,11,13-14,17H,1,10,12,15H2. The second kappa shape index (κ2) is 8.79. The minimum atomic E-state index is -0.660. The van der Waals surface area contributed by atoms with Crippen molar-refractivity contribution in [3.63, 3.8) is 0 Å². The molecule has 2 aromatic heterocycles. The lowest BCUT2D eigenvalue weighted by Crippen LogP contribution is -2.31. The third-order valence-corrected chi connectivity index (χ3v) is 6.20. The number of amides is 1. The number of nitrogens with zero attached hydrogens (tertiary/aromatic N) is 4. The summed E-state index contributed by atoms with van der Waals surface area (Å²) in [5.41, 5.74) is 1.61. The molecule has 5 rings (SSSR count). The van der Waals surface area contributed by atoms with Crippen LogP contribution < -0.4 is 10.4 Å². The summed E-state index contributed by atoms with van der Waals surface area (Å²) >= 11 is 5.86. The van der Waals surface area contributed by atoms with Crippen LogP contribution in [0.25, 0.3) is 16.7 Å². The number of hydrogen-bond acceptors (Lipinski definition) is 4. The Balaban J connectivity index is 1.57. The minimum Gasteiger partial charge on any atom is -0.454 e. The van der Waals surface area contributed by atoms with E-state index in [-0.39, 0.29) is 28.4 Å². The van der Waals surface area contributed by atoms with E-state index in [2.05, 4.69) is 11.6 Å². The first-order valence-corrected chi connectivity index (χ1v) is 11.1. The fourth-order valence-electron chi connectivity index (χ4n) is 4.33. The maximum atomic E-state index is 14.3. The van der Waals surface area contributed by atoms with Gasteiger partial charge in [-0.1, -0.05) is 30.3 Å². The van der Waals surface area contributed by atoms with Gasteiger partial charge in [0, 0.05) is 25.4 Å². The molecule has 1 aliphatic rings. The molecule has 0 saturated carbocycles. The van der Waals surface area contributed by atoms with E-state index in [0.29, 0.717) is 42.0 Å². The van der Waals surface area contributed by atoms with E-state index < -0.39 is 5.82 Å². The van der Waals surface area contributed by atoms with Crippen LogP contribution in [-0.2, 0) is 4.79 Å². The van der Waals surface area contributed by atoms with Crippen LogP contribution in [0, 0.1) is 5.82 Å². The Morgan fingerprint density at radius 3 is 2.85 bits per heavy atom. The van der Waals surface area contributed by atoms with Gasteiger partial charge < -0.3 is 9.64 Å². The van der Waals surface area contributed by atoms with Crippen LogP contribution in [0.5, 0.6) is 11.5 Å². The highest BCUT2D eigenvalue weighted by Crippen LogP contribution is 2.31. The van der Waals surface area contributed by atoms with Crippen LogP contribution in [0.3, 0.4) is 0 Å². The molecule has 7 nitrogen and oxygen atoms in total. The molecule has 2 aromatic carbocycles. The first-order valence-electron chi connectivity index (χ1n) is 10.7. The Hall–Kier alpha value is -3.91. The molecule has 1 fully saturated rings. The van der Waals surface area contributed by atoms with Gasteiger partial charge in [0.1, 0.15) is 5.75 Å². The molecule has 34 heavy (non-hydrogen) atoms. The number of benzene rings is 2. The van der Waals surface area contributed by atoms with E-state index in [1.54, 1.807) is 62.8 Å². The first kappa shape index (κ1) is 21.9. The molecule has 1 amide bonds. The van der Waals surface area contributed by atoms with Crippen LogP contribution >= 0.6 is 11.6 Å². The second-order valence-electron chi connectivity index (χ2n) is 7.93. The molecule has 0 aliphatic carbocycles. The summed E-state index contributed by atoms with van der Waals surface area (Å²) < 4.78 is 23.3. The third kappa shape index (κ3) is 3.76. The fraction of sp³-hybridized carbons (Fsp3) is 0.160. The number of carbonyl (C=O) groups is 1. The SMILES string of the molecule is C=CC(=O)N1CCC(n2c(=O)n(-c3cccc(Oc4cccc(Cl)c4F)c3)c3cnccc32)C1. The van der Waals surface area contributed by atoms with Gasteiger partial charge in [-0.3, -0.25) is 18.9 Å². The highest BCUT2D eigenvalue weighted by Gasteiger charge is 2.30. The van der Waals surface area contributed by atoms with Crippen LogP contribution in [0.2, 0.25) is 5.02 Å². The Bertz CT molecular complexity index is 1480. The topological polar surface area (TPSA) is 69.4 Å². The lowest BCUT2D eigenvalue weighted by molar-refractivity contribution is -0.125. The molecule has 4 aromatic rings. The van der Waals surface area contributed by atoms with Gasteiger partial charge >= 0.3 is 5.69 Å². The van der Waals surface area contributed by atoms with E-state index >= 15 is 0 Å². The number of hydrogen-bond donors (Lipinski definition) is 0. The van der Waals surface area contributed by atoms with Crippen molar-refractivity contribution in [1.29, 1.82) is 0 Å². The molecule has 1 saturated heterocycles. The maximum Gasteiger partial charge on any atom is 0.334 e. The number of halogens is 2. The van der Waals surface area contributed by atoms with Crippen molar-refractivity contribution in [3.8, 4) is 17.2 Å². The molecule has 1 atom stereocenters.